The molecule has 5 heteroatoms. The van der Waals surface area contributed by atoms with Gasteiger partial charge in [-0.05, 0) is 24.3 Å². The summed E-state index contributed by atoms with van der Waals surface area (Å²) in [4.78, 5) is 4.67. The minimum atomic E-state index is 0.405. The molecule has 0 radical (unpaired) electrons. The van der Waals surface area contributed by atoms with Crippen LogP contribution in [0.5, 0.6) is 5.75 Å². The Hall–Kier alpha value is -2.06. The van der Waals surface area contributed by atoms with Crippen LogP contribution in [0.4, 0.5) is 5.13 Å². The summed E-state index contributed by atoms with van der Waals surface area (Å²) in [5.74, 6) is 0.769. The van der Waals surface area contributed by atoms with Crippen LogP contribution in [0, 0.1) is 11.3 Å². The number of hydrogen-bond acceptors (Lipinski definition) is 5. The SMILES string of the molecule is COc1ccc(-c2nc(N)sc2C#N)cc1. The summed E-state index contributed by atoms with van der Waals surface area (Å²) in [7, 11) is 1.61. The Labute approximate surface area is 96.9 Å². The van der Waals surface area contributed by atoms with E-state index in [0.717, 1.165) is 11.3 Å². The van der Waals surface area contributed by atoms with Gasteiger partial charge >= 0.3 is 0 Å². The van der Waals surface area contributed by atoms with Crippen LogP contribution in [-0.4, -0.2) is 12.1 Å². The number of hydrogen-bond donors (Lipinski definition) is 1. The molecular formula is C11H9N3OS. The van der Waals surface area contributed by atoms with E-state index >= 15 is 0 Å². The van der Waals surface area contributed by atoms with Crippen molar-refractivity contribution in [3.8, 4) is 23.1 Å². The minimum absolute atomic E-state index is 0.405. The van der Waals surface area contributed by atoms with Crippen LogP contribution in [0.2, 0.25) is 0 Å². The molecule has 0 aliphatic rings. The maximum Gasteiger partial charge on any atom is 0.181 e. The molecule has 2 N–H and O–H groups in total. The number of nitrogens with zero attached hydrogens (tertiary/aromatic N) is 2. The highest BCUT2D eigenvalue weighted by molar-refractivity contribution is 7.16. The molecule has 0 aliphatic carbocycles. The van der Waals surface area contributed by atoms with E-state index in [0.29, 0.717) is 15.7 Å². The van der Waals surface area contributed by atoms with E-state index in [1.807, 2.05) is 24.3 Å². The molecule has 0 atom stereocenters. The molecule has 0 bridgehead atoms. The first-order chi connectivity index (χ1) is 7.74. The Balaban J connectivity index is 2.46. The fraction of sp³-hybridized carbons (Fsp3) is 0.0909. The Morgan fingerprint density at radius 3 is 2.62 bits per heavy atom. The number of nitrogens with two attached hydrogens (primary N) is 1. The third-order valence-corrected chi connectivity index (χ3v) is 2.90. The monoisotopic (exact) mass is 231 g/mol. The smallest absolute Gasteiger partial charge is 0.181 e. The van der Waals surface area contributed by atoms with Gasteiger partial charge in [-0.25, -0.2) is 4.98 Å². The second kappa shape index (κ2) is 4.21. The average Bonchev–Trinajstić information content (AvgIpc) is 2.70. The molecule has 80 valence electrons. The number of benzene rings is 1. The van der Waals surface area contributed by atoms with Crippen LogP contribution in [0.25, 0.3) is 11.3 Å². The molecule has 0 saturated heterocycles. The van der Waals surface area contributed by atoms with Crippen molar-refractivity contribution in [3.63, 3.8) is 0 Å². The Kier molecular flexibility index (Phi) is 2.75. The number of thiazole rings is 1. The lowest BCUT2D eigenvalue weighted by Crippen LogP contribution is -1.85. The summed E-state index contributed by atoms with van der Waals surface area (Å²) in [5.41, 5.74) is 7.08. The van der Waals surface area contributed by atoms with E-state index in [-0.39, 0.29) is 0 Å². The van der Waals surface area contributed by atoms with E-state index < -0.39 is 0 Å². The van der Waals surface area contributed by atoms with Crippen molar-refractivity contribution in [1.82, 2.24) is 4.98 Å². The van der Waals surface area contributed by atoms with Crippen LogP contribution in [-0.2, 0) is 0 Å². The minimum Gasteiger partial charge on any atom is -0.497 e. The molecule has 1 heterocycles. The van der Waals surface area contributed by atoms with Crippen LogP contribution in [0.15, 0.2) is 24.3 Å². The van der Waals surface area contributed by atoms with Crippen molar-refractivity contribution >= 4 is 16.5 Å². The van der Waals surface area contributed by atoms with Gasteiger partial charge in [0, 0.05) is 5.56 Å². The van der Waals surface area contributed by atoms with Crippen molar-refractivity contribution in [3.05, 3.63) is 29.1 Å². The van der Waals surface area contributed by atoms with Gasteiger partial charge in [-0.15, -0.1) is 0 Å². The number of ether oxygens (including phenoxy) is 1. The number of anilines is 1. The summed E-state index contributed by atoms with van der Waals surface area (Å²) in [6.07, 6.45) is 0. The molecule has 4 nitrogen and oxygen atoms in total. The van der Waals surface area contributed by atoms with E-state index in [1.165, 1.54) is 11.3 Å². The second-order valence-electron chi connectivity index (χ2n) is 3.07. The molecule has 0 fully saturated rings. The van der Waals surface area contributed by atoms with Gasteiger partial charge in [0.2, 0.25) is 0 Å². The first-order valence-electron chi connectivity index (χ1n) is 4.55. The maximum absolute atomic E-state index is 8.93. The van der Waals surface area contributed by atoms with Crippen molar-refractivity contribution in [2.45, 2.75) is 0 Å². The fourth-order valence-corrected chi connectivity index (χ4v) is 2.01. The highest BCUT2D eigenvalue weighted by Crippen LogP contribution is 2.29. The molecule has 0 spiro atoms. The van der Waals surface area contributed by atoms with Crippen LogP contribution in [0.3, 0.4) is 0 Å². The molecule has 1 aromatic carbocycles. The van der Waals surface area contributed by atoms with E-state index in [1.54, 1.807) is 7.11 Å². The molecular weight excluding hydrogens is 222 g/mol. The summed E-state index contributed by atoms with van der Waals surface area (Å²) in [6.45, 7) is 0. The Morgan fingerprint density at radius 2 is 2.06 bits per heavy atom. The quantitative estimate of drug-likeness (QED) is 0.860. The first kappa shape index (κ1) is 10.5. The highest BCUT2D eigenvalue weighted by atomic mass is 32.1. The maximum atomic E-state index is 8.93. The summed E-state index contributed by atoms with van der Waals surface area (Å²) >= 11 is 1.19. The highest BCUT2D eigenvalue weighted by Gasteiger charge is 2.10. The fourth-order valence-electron chi connectivity index (χ4n) is 1.36. The van der Waals surface area contributed by atoms with Gasteiger partial charge in [-0.2, -0.15) is 5.26 Å². The number of rotatable bonds is 2. The Morgan fingerprint density at radius 1 is 1.38 bits per heavy atom. The third kappa shape index (κ3) is 1.83. The van der Waals surface area contributed by atoms with Crippen molar-refractivity contribution < 1.29 is 4.74 Å². The zero-order valence-electron chi connectivity index (χ0n) is 8.60. The standard InChI is InChI=1S/C11H9N3OS/c1-15-8-4-2-7(3-5-8)10-9(6-12)16-11(13)14-10/h2-5H,1H3,(H2,13,14). The van der Waals surface area contributed by atoms with E-state index in [4.69, 9.17) is 15.7 Å². The summed E-state index contributed by atoms with van der Waals surface area (Å²) < 4.78 is 5.06. The zero-order chi connectivity index (χ0) is 11.5. The van der Waals surface area contributed by atoms with Gasteiger partial charge in [0.05, 0.1) is 7.11 Å². The molecule has 0 amide bonds. The number of aromatic nitrogens is 1. The van der Waals surface area contributed by atoms with Gasteiger partial charge in [-0.1, -0.05) is 11.3 Å². The van der Waals surface area contributed by atoms with Gasteiger partial charge in [-0.3, -0.25) is 0 Å². The molecule has 0 aliphatic heterocycles. The predicted molar refractivity (Wildman–Crippen MR) is 63.2 cm³/mol. The first-order valence-corrected chi connectivity index (χ1v) is 5.37. The van der Waals surface area contributed by atoms with Gasteiger partial charge < -0.3 is 10.5 Å². The number of nitrogen functional groups attached to an aromatic ring is 1. The van der Waals surface area contributed by atoms with Crippen LogP contribution >= 0.6 is 11.3 Å². The topological polar surface area (TPSA) is 71.9 Å². The summed E-state index contributed by atoms with van der Waals surface area (Å²) in [6, 6.07) is 9.45. The molecule has 2 rings (SSSR count). The van der Waals surface area contributed by atoms with Gasteiger partial charge in [0.15, 0.2) is 5.13 Å². The van der Waals surface area contributed by atoms with Crippen LogP contribution < -0.4 is 10.5 Å². The third-order valence-electron chi connectivity index (χ3n) is 2.11. The largest absolute Gasteiger partial charge is 0.497 e. The van der Waals surface area contributed by atoms with Crippen LogP contribution in [0.1, 0.15) is 4.88 Å². The summed E-state index contributed by atoms with van der Waals surface area (Å²) in [5, 5.41) is 9.34. The molecule has 0 saturated carbocycles. The van der Waals surface area contributed by atoms with Gasteiger partial charge in [0.1, 0.15) is 22.4 Å². The van der Waals surface area contributed by atoms with Gasteiger partial charge in [0.25, 0.3) is 0 Å². The van der Waals surface area contributed by atoms with Crippen molar-refractivity contribution in [1.29, 1.82) is 5.26 Å². The number of nitriles is 1. The molecule has 0 unspecified atom stereocenters. The lowest BCUT2D eigenvalue weighted by molar-refractivity contribution is 0.415. The van der Waals surface area contributed by atoms with Crippen molar-refractivity contribution in [2.24, 2.45) is 0 Å². The lowest BCUT2D eigenvalue weighted by atomic mass is 10.1. The predicted octanol–water partition coefficient (Wildman–Crippen LogP) is 2.27. The lowest BCUT2D eigenvalue weighted by Gasteiger charge is -2.00. The normalized spacial score (nSPS) is 9.75. The molecule has 2 aromatic rings. The second-order valence-corrected chi connectivity index (χ2v) is 4.10. The average molecular weight is 231 g/mol. The Bertz CT molecular complexity index is 539. The number of methoxy groups -OCH3 is 1. The van der Waals surface area contributed by atoms with E-state index in [2.05, 4.69) is 11.1 Å². The zero-order valence-corrected chi connectivity index (χ0v) is 9.41. The molecule has 16 heavy (non-hydrogen) atoms. The molecule has 1 aromatic heterocycles. The van der Waals surface area contributed by atoms with E-state index in [9.17, 15) is 0 Å². The van der Waals surface area contributed by atoms with Crippen molar-refractivity contribution in [2.75, 3.05) is 12.8 Å².